The van der Waals surface area contributed by atoms with Crippen LogP contribution in [0, 0.1) is 0 Å². The molecule has 0 bridgehead atoms. The van der Waals surface area contributed by atoms with E-state index < -0.39 is 0 Å². The van der Waals surface area contributed by atoms with Crippen molar-refractivity contribution in [1.29, 1.82) is 0 Å². The minimum absolute atomic E-state index is 0.268. The lowest BCUT2D eigenvalue weighted by molar-refractivity contribution is -0.720. The minimum Gasteiger partial charge on any atom is -0.485 e. The summed E-state index contributed by atoms with van der Waals surface area (Å²) >= 11 is 0. The maximum absolute atomic E-state index is 5.40. The molecule has 1 aliphatic rings. The van der Waals surface area contributed by atoms with Crippen LogP contribution in [-0.4, -0.2) is 6.10 Å². The van der Waals surface area contributed by atoms with Gasteiger partial charge in [0.25, 0.3) is 0 Å². The van der Waals surface area contributed by atoms with Gasteiger partial charge >= 0.3 is 0 Å². The molecular weight excluding hydrogens is 150 g/mol. The molecule has 2 heteroatoms. The highest BCUT2D eigenvalue weighted by atomic mass is 16.5. The van der Waals surface area contributed by atoms with Gasteiger partial charge in [-0.05, 0) is 13.0 Å². The van der Waals surface area contributed by atoms with E-state index in [1.807, 2.05) is 12.1 Å². The summed E-state index contributed by atoms with van der Waals surface area (Å²) in [6, 6.07) is 4.00. The minimum atomic E-state index is 0.268. The molecule has 1 unspecified atom stereocenters. The fourth-order valence-corrected chi connectivity index (χ4v) is 1.42. The normalized spacial score (nSPS) is 20.6. The van der Waals surface area contributed by atoms with Crippen molar-refractivity contribution in [1.82, 2.24) is 0 Å². The van der Waals surface area contributed by atoms with Crippen molar-refractivity contribution >= 4 is 12.8 Å². The van der Waals surface area contributed by atoms with Crippen LogP contribution >= 0.6 is 0 Å². The average molecular weight is 162 g/mol. The number of nitrogens with zero attached hydrogens (tertiary/aromatic N) is 1. The number of fused-ring (bicyclic) bond motifs is 1. The molecule has 0 spiro atoms. The van der Waals surface area contributed by atoms with E-state index in [4.69, 9.17) is 4.74 Å². The fourth-order valence-electron chi connectivity index (χ4n) is 1.42. The summed E-state index contributed by atoms with van der Waals surface area (Å²) in [5.41, 5.74) is 0. The molecule has 2 nitrogen and oxygen atoms in total. The van der Waals surface area contributed by atoms with Crippen LogP contribution < -0.4 is 15.1 Å². The van der Waals surface area contributed by atoms with E-state index in [2.05, 4.69) is 24.3 Å². The molecule has 1 aromatic heterocycles. The Morgan fingerprint density at radius 1 is 1.67 bits per heavy atom. The van der Waals surface area contributed by atoms with Gasteiger partial charge in [-0.2, -0.15) is 4.57 Å². The Hall–Kier alpha value is -1.31. The first kappa shape index (κ1) is 7.35. The molecule has 0 aromatic carbocycles. The van der Waals surface area contributed by atoms with Gasteiger partial charge in [0.2, 0.25) is 5.35 Å². The zero-order valence-corrected chi connectivity index (χ0v) is 7.16. The Bertz CT molecular complexity index is 397. The highest BCUT2D eigenvalue weighted by molar-refractivity contribution is 5.13. The zero-order valence-electron chi connectivity index (χ0n) is 7.16. The van der Waals surface area contributed by atoms with Crippen molar-refractivity contribution < 1.29 is 9.30 Å². The van der Waals surface area contributed by atoms with Gasteiger partial charge in [0, 0.05) is 11.3 Å². The lowest BCUT2D eigenvalue weighted by Crippen LogP contribution is -2.60. The van der Waals surface area contributed by atoms with Gasteiger partial charge in [-0.1, -0.05) is 6.58 Å². The number of hydrogen-bond acceptors (Lipinski definition) is 1. The Balaban J connectivity index is 2.67. The molecule has 0 aliphatic carbocycles. The van der Waals surface area contributed by atoms with Gasteiger partial charge in [0.05, 0.1) is 0 Å². The van der Waals surface area contributed by atoms with E-state index in [1.54, 1.807) is 6.26 Å². The first-order chi connectivity index (χ1) is 5.77. The molecule has 1 aromatic rings. The molecule has 1 aliphatic heterocycles. The van der Waals surface area contributed by atoms with Crippen molar-refractivity contribution in [3.05, 3.63) is 28.9 Å². The Kier molecular flexibility index (Phi) is 1.61. The van der Waals surface area contributed by atoms with Crippen LogP contribution in [0.5, 0.6) is 0 Å². The first-order valence-electron chi connectivity index (χ1n) is 4.10. The van der Waals surface area contributed by atoms with E-state index in [0.29, 0.717) is 0 Å². The van der Waals surface area contributed by atoms with Crippen LogP contribution in [0.1, 0.15) is 6.92 Å². The molecule has 0 saturated carbocycles. The number of ether oxygens (including phenoxy) is 1. The first-order valence-corrected chi connectivity index (χ1v) is 4.10. The second-order valence-corrected chi connectivity index (χ2v) is 3.14. The topological polar surface area (TPSA) is 13.1 Å². The summed E-state index contributed by atoms with van der Waals surface area (Å²) in [5.74, 6) is 0. The molecule has 2 heterocycles. The Morgan fingerprint density at radius 2 is 2.50 bits per heavy atom. The van der Waals surface area contributed by atoms with Crippen LogP contribution in [0.25, 0.3) is 12.8 Å². The molecule has 0 fully saturated rings. The molecule has 62 valence electrons. The van der Waals surface area contributed by atoms with E-state index in [9.17, 15) is 0 Å². The Morgan fingerprint density at radius 3 is 3.33 bits per heavy atom. The molecule has 12 heavy (non-hydrogen) atoms. The quantitative estimate of drug-likeness (QED) is 0.471. The summed E-state index contributed by atoms with van der Waals surface area (Å²) in [7, 11) is 0. The van der Waals surface area contributed by atoms with Crippen molar-refractivity contribution in [2.24, 2.45) is 0 Å². The summed E-state index contributed by atoms with van der Waals surface area (Å²) in [6.45, 7) is 6.90. The summed E-state index contributed by atoms with van der Waals surface area (Å²) < 4.78 is 7.56. The van der Waals surface area contributed by atoms with E-state index in [-0.39, 0.29) is 6.10 Å². The third-order valence-electron chi connectivity index (χ3n) is 2.07. The molecule has 0 saturated heterocycles. The molecule has 2 rings (SSSR count). The molecule has 0 N–H and O–H groups in total. The van der Waals surface area contributed by atoms with Crippen LogP contribution in [-0.2, 0) is 11.3 Å². The van der Waals surface area contributed by atoms with Gasteiger partial charge in [0.1, 0.15) is 0 Å². The molecule has 0 amide bonds. The summed E-state index contributed by atoms with van der Waals surface area (Å²) in [6.07, 6.45) is 4.11. The molecule has 0 radical (unpaired) electrons. The predicted molar refractivity (Wildman–Crippen MR) is 46.4 cm³/mol. The smallest absolute Gasteiger partial charge is 0.246 e. The lowest BCUT2D eigenvalue weighted by atomic mass is 10.3. The molecule has 1 atom stereocenters. The number of aromatic nitrogens is 1. The van der Waals surface area contributed by atoms with E-state index >= 15 is 0 Å². The van der Waals surface area contributed by atoms with Crippen molar-refractivity contribution in [3.63, 3.8) is 0 Å². The lowest BCUT2D eigenvalue weighted by Gasteiger charge is -2.11. The van der Waals surface area contributed by atoms with Crippen molar-refractivity contribution in [3.8, 4) is 0 Å². The van der Waals surface area contributed by atoms with Crippen molar-refractivity contribution in [2.75, 3.05) is 0 Å². The summed E-state index contributed by atoms with van der Waals surface area (Å²) in [4.78, 5) is 0. The third kappa shape index (κ3) is 1.09. The van der Waals surface area contributed by atoms with Crippen LogP contribution in [0.2, 0.25) is 0 Å². The summed E-state index contributed by atoms with van der Waals surface area (Å²) in [5, 5.41) is 2.10. The van der Waals surface area contributed by atoms with Gasteiger partial charge in [0.15, 0.2) is 25.1 Å². The van der Waals surface area contributed by atoms with Crippen LogP contribution in [0.3, 0.4) is 0 Å². The molecular formula is C10H12NO+. The zero-order chi connectivity index (χ0) is 8.55. The standard InChI is InChI=1S/C10H12NO/c1-8-4-3-5-11-6-9(2)12-7-10(8)11/h3-5,7,9H,1,6H2,2H3/q+1. The number of hydrogen-bond donors (Lipinski definition) is 0. The number of rotatable bonds is 0. The highest BCUT2D eigenvalue weighted by Crippen LogP contribution is 1.92. The van der Waals surface area contributed by atoms with E-state index in [0.717, 1.165) is 17.1 Å². The average Bonchev–Trinajstić information content (AvgIpc) is 2.04. The highest BCUT2D eigenvalue weighted by Gasteiger charge is 2.15. The monoisotopic (exact) mass is 162 g/mol. The van der Waals surface area contributed by atoms with Crippen molar-refractivity contribution in [2.45, 2.75) is 19.6 Å². The van der Waals surface area contributed by atoms with Crippen LogP contribution in [0.15, 0.2) is 18.3 Å². The van der Waals surface area contributed by atoms with Gasteiger partial charge in [-0.25, -0.2) is 0 Å². The largest absolute Gasteiger partial charge is 0.485 e. The third-order valence-corrected chi connectivity index (χ3v) is 2.07. The van der Waals surface area contributed by atoms with Gasteiger partial charge in [-0.3, -0.25) is 0 Å². The maximum Gasteiger partial charge on any atom is 0.246 e. The fraction of sp³-hybridized carbons (Fsp3) is 0.300. The number of pyridine rings is 1. The Labute approximate surface area is 71.4 Å². The van der Waals surface area contributed by atoms with Gasteiger partial charge < -0.3 is 4.74 Å². The van der Waals surface area contributed by atoms with E-state index in [1.165, 1.54) is 0 Å². The van der Waals surface area contributed by atoms with Gasteiger partial charge in [-0.15, -0.1) is 0 Å². The second kappa shape index (κ2) is 2.63. The second-order valence-electron chi connectivity index (χ2n) is 3.14. The van der Waals surface area contributed by atoms with Crippen LogP contribution in [0.4, 0.5) is 0 Å². The SMILES string of the molecule is C=c1ccc[n+]2c1=COC(C)C2. The maximum atomic E-state index is 5.40. The predicted octanol–water partition coefficient (Wildman–Crippen LogP) is -0.459.